The molecule has 1 aliphatic heterocycles. The molecule has 4 rings (SSSR count). The molecule has 6 N–H and O–H groups in total. The predicted octanol–water partition coefficient (Wildman–Crippen LogP) is -0.116. The third-order valence-electron chi connectivity index (χ3n) is 6.76. The lowest BCUT2D eigenvalue weighted by Crippen LogP contribution is -2.60. The first-order valence-electron chi connectivity index (χ1n) is 11.6. The Morgan fingerprint density at radius 1 is 0.919 bits per heavy atom. The van der Waals surface area contributed by atoms with Crippen LogP contribution < -0.4 is 14.2 Å². The van der Waals surface area contributed by atoms with Gasteiger partial charge >= 0.3 is 0 Å². The Morgan fingerprint density at radius 2 is 1.68 bits per heavy atom. The fraction of sp³-hybridized carbons (Fsp3) is 0.423. The van der Waals surface area contributed by atoms with E-state index in [1.807, 2.05) is 0 Å². The molecule has 37 heavy (non-hydrogen) atoms. The summed E-state index contributed by atoms with van der Waals surface area (Å²) in [5.74, 6) is -0.150. The van der Waals surface area contributed by atoms with Crippen LogP contribution in [0.25, 0.3) is 17.2 Å². The lowest BCUT2D eigenvalue weighted by atomic mass is 9.75. The standard InChI is InChI=1S/C26H30O11/c1-34-13-5-6-14-16(9-13)20(30)17(10-28)15-8-12(4-3-7-27)24(35-2)25(19(14)15)37-26-23(33)22(32)21(31)18(11-29)36-26/h3-9,17-18,20-23,26,28-33H,10-11H2,1-2H3/b4-3+/t17-,18+,20-,21+,22-,23+,26-/m0/s1. The maximum atomic E-state index is 11.2. The van der Waals surface area contributed by atoms with E-state index in [0.717, 1.165) is 0 Å². The SMILES string of the molecule is COc1ccc2c(c1)[C@H](O)[C@@H](CO)c1cc(/C=C/C=O)c(OC)c(O[C@@H]3O[C@H](CO)[C@@H](O)[C@H](O)[C@H]3O)c1-2. The third-order valence-corrected chi connectivity index (χ3v) is 6.76. The monoisotopic (exact) mass is 518 g/mol. The summed E-state index contributed by atoms with van der Waals surface area (Å²) in [5, 5.41) is 62.1. The van der Waals surface area contributed by atoms with Crippen molar-refractivity contribution in [2.75, 3.05) is 27.4 Å². The summed E-state index contributed by atoms with van der Waals surface area (Å²) in [6.07, 6.45) is -5.59. The van der Waals surface area contributed by atoms with Crippen LogP contribution in [0, 0.1) is 0 Å². The number of rotatable bonds is 8. The molecule has 1 fully saturated rings. The van der Waals surface area contributed by atoms with Crippen molar-refractivity contribution in [3.05, 3.63) is 47.0 Å². The highest BCUT2D eigenvalue weighted by molar-refractivity contribution is 5.87. The maximum Gasteiger partial charge on any atom is 0.229 e. The number of carbonyl (C=O) groups excluding carboxylic acids is 1. The Labute approximate surface area is 212 Å². The maximum absolute atomic E-state index is 11.2. The Balaban J connectivity index is 1.97. The average molecular weight is 519 g/mol. The molecule has 0 amide bonds. The van der Waals surface area contributed by atoms with E-state index in [4.69, 9.17) is 18.9 Å². The summed E-state index contributed by atoms with van der Waals surface area (Å²) in [5.41, 5.74) is 2.23. The highest BCUT2D eigenvalue weighted by Crippen LogP contribution is 2.54. The van der Waals surface area contributed by atoms with E-state index in [1.165, 1.54) is 26.4 Å². The molecule has 11 nitrogen and oxygen atoms in total. The second kappa shape index (κ2) is 11.2. The molecule has 1 heterocycles. The van der Waals surface area contributed by atoms with Crippen LogP contribution in [0.15, 0.2) is 30.3 Å². The Morgan fingerprint density at radius 3 is 2.30 bits per heavy atom. The molecule has 0 radical (unpaired) electrons. The molecule has 0 unspecified atom stereocenters. The first kappa shape index (κ1) is 27.0. The molecule has 1 aliphatic carbocycles. The summed E-state index contributed by atoms with van der Waals surface area (Å²) in [7, 11) is 2.85. The number of fused-ring (bicyclic) bond motifs is 3. The molecular weight excluding hydrogens is 488 g/mol. The summed E-state index contributed by atoms with van der Waals surface area (Å²) >= 11 is 0. The number of allylic oxidation sites excluding steroid dienone is 1. The van der Waals surface area contributed by atoms with Crippen molar-refractivity contribution in [2.24, 2.45) is 0 Å². The lowest BCUT2D eigenvalue weighted by molar-refractivity contribution is -0.277. The van der Waals surface area contributed by atoms with Crippen LogP contribution in [-0.4, -0.2) is 95.1 Å². The van der Waals surface area contributed by atoms with Crippen LogP contribution in [0.5, 0.6) is 17.2 Å². The summed E-state index contributed by atoms with van der Waals surface area (Å²) in [6.45, 7) is -1.09. The van der Waals surface area contributed by atoms with Crippen LogP contribution >= 0.6 is 0 Å². The molecule has 0 saturated carbocycles. The largest absolute Gasteiger partial charge is 0.497 e. The van der Waals surface area contributed by atoms with E-state index >= 15 is 0 Å². The molecule has 1 saturated heterocycles. The molecule has 2 aromatic carbocycles. The van der Waals surface area contributed by atoms with E-state index in [0.29, 0.717) is 39.9 Å². The Hall–Kier alpha value is -3.03. The number of ether oxygens (including phenoxy) is 4. The summed E-state index contributed by atoms with van der Waals surface area (Å²) in [6, 6.07) is 6.67. The number of carbonyl (C=O) groups is 1. The number of aliphatic hydroxyl groups excluding tert-OH is 6. The first-order valence-corrected chi connectivity index (χ1v) is 11.6. The van der Waals surface area contributed by atoms with Crippen molar-refractivity contribution in [1.82, 2.24) is 0 Å². The molecule has 2 aliphatic rings. The molecule has 0 bridgehead atoms. The Kier molecular flexibility index (Phi) is 8.14. The van der Waals surface area contributed by atoms with Gasteiger partial charge in [-0.15, -0.1) is 0 Å². The minimum Gasteiger partial charge on any atom is -0.497 e. The number of hydrogen-bond donors (Lipinski definition) is 6. The molecular formula is C26H30O11. The molecule has 200 valence electrons. The fourth-order valence-electron chi connectivity index (χ4n) is 4.85. The molecule has 7 atom stereocenters. The van der Waals surface area contributed by atoms with Crippen molar-refractivity contribution < 1.29 is 54.4 Å². The van der Waals surface area contributed by atoms with Gasteiger partial charge in [0.15, 0.2) is 11.5 Å². The molecule has 0 aromatic heterocycles. The van der Waals surface area contributed by atoms with E-state index in [2.05, 4.69) is 0 Å². The zero-order valence-electron chi connectivity index (χ0n) is 20.2. The fourth-order valence-corrected chi connectivity index (χ4v) is 4.85. The zero-order chi connectivity index (χ0) is 26.9. The smallest absolute Gasteiger partial charge is 0.229 e. The van der Waals surface area contributed by atoms with Gasteiger partial charge in [0, 0.05) is 17.0 Å². The summed E-state index contributed by atoms with van der Waals surface area (Å²) in [4.78, 5) is 11.1. The predicted molar refractivity (Wildman–Crippen MR) is 129 cm³/mol. The van der Waals surface area contributed by atoms with E-state index in [1.54, 1.807) is 24.3 Å². The van der Waals surface area contributed by atoms with E-state index in [-0.39, 0.29) is 11.5 Å². The van der Waals surface area contributed by atoms with Gasteiger partial charge in [0.25, 0.3) is 0 Å². The van der Waals surface area contributed by atoms with Crippen LogP contribution in [0.1, 0.15) is 28.7 Å². The minimum absolute atomic E-state index is 0.0339. The number of aliphatic hydroxyl groups is 6. The second-order valence-electron chi connectivity index (χ2n) is 8.79. The van der Waals surface area contributed by atoms with Crippen LogP contribution in [-0.2, 0) is 9.53 Å². The van der Waals surface area contributed by atoms with Crippen LogP contribution in [0.3, 0.4) is 0 Å². The van der Waals surface area contributed by atoms with Gasteiger partial charge in [-0.1, -0.05) is 6.07 Å². The van der Waals surface area contributed by atoms with Gasteiger partial charge in [0.05, 0.1) is 33.5 Å². The van der Waals surface area contributed by atoms with Crippen molar-refractivity contribution in [2.45, 2.75) is 42.7 Å². The van der Waals surface area contributed by atoms with Crippen molar-refractivity contribution in [1.29, 1.82) is 0 Å². The van der Waals surface area contributed by atoms with Gasteiger partial charge in [0.1, 0.15) is 36.5 Å². The molecule has 11 heteroatoms. The zero-order valence-corrected chi connectivity index (χ0v) is 20.2. The van der Waals surface area contributed by atoms with Gasteiger partial charge in [-0.05, 0) is 47.0 Å². The molecule has 0 spiro atoms. The van der Waals surface area contributed by atoms with Crippen molar-refractivity contribution >= 4 is 12.4 Å². The number of hydrogen-bond acceptors (Lipinski definition) is 11. The van der Waals surface area contributed by atoms with E-state index in [9.17, 15) is 35.4 Å². The second-order valence-corrected chi connectivity index (χ2v) is 8.79. The topological polar surface area (TPSA) is 175 Å². The highest BCUT2D eigenvalue weighted by atomic mass is 16.7. The quantitative estimate of drug-likeness (QED) is 0.203. The third kappa shape index (κ3) is 4.71. The minimum atomic E-state index is -1.70. The van der Waals surface area contributed by atoms with Crippen LogP contribution in [0.4, 0.5) is 0 Å². The molecule has 2 aromatic rings. The van der Waals surface area contributed by atoms with Crippen LogP contribution in [0.2, 0.25) is 0 Å². The van der Waals surface area contributed by atoms with Gasteiger partial charge in [-0.25, -0.2) is 0 Å². The summed E-state index contributed by atoms with van der Waals surface area (Å²) < 4.78 is 22.6. The van der Waals surface area contributed by atoms with Gasteiger partial charge in [0.2, 0.25) is 6.29 Å². The van der Waals surface area contributed by atoms with Gasteiger partial charge in [-0.3, -0.25) is 4.79 Å². The number of methoxy groups -OCH3 is 2. The average Bonchev–Trinajstić information content (AvgIpc) is 2.91. The number of benzene rings is 2. The lowest BCUT2D eigenvalue weighted by Gasteiger charge is -2.40. The first-order chi connectivity index (χ1) is 17.8. The van der Waals surface area contributed by atoms with E-state index < -0.39 is 55.9 Å². The van der Waals surface area contributed by atoms with Crippen molar-refractivity contribution in [3.8, 4) is 28.4 Å². The van der Waals surface area contributed by atoms with Gasteiger partial charge < -0.3 is 49.6 Å². The van der Waals surface area contributed by atoms with Gasteiger partial charge in [-0.2, -0.15) is 0 Å². The Bertz CT molecular complexity index is 1160. The highest BCUT2D eigenvalue weighted by Gasteiger charge is 2.46. The van der Waals surface area contributed by atoms with Crippen molar-refractivity contribution in [3.63, 3.8) is 0 Å². The number of aldehydes is 1. The normalized spacial score (nSPS) is 28.9.